The summed E-state index contributed by atoms with van der Waals surface area (Å²) in [5, 5.41) is 12.8. The summed E-state index contributed by atoms with van der Waals surface area (Å²) in [5.41, 5.74) is 0. The van der Waals surface area contributed by atoms with E-state index in [1.54, 1.807) is 25.1 Å². The summed E-state index contributed by atoms with van der Waals surface area (Å²) in [4.78, 5) is 12.2. The van der Waals surface area contributed by atoms with Gasteiger partial charge in [0.2, 0.25) is 5.91 Å². The number of carbonyl (C=O) groups is 1. The van der Waals surface area contributed by atoms with Gasteiger partial charge in [0.05, 0.1) is 16.9 Å². The number of benzene rings is 1. The first-order chi connectivity index (χ1) is 7.99. The zero-order valence-electron chi connectivity index (χ0n) is 9.24. The van der Waals surface area contributed by atoms with E-state index in [-0.39, 0.29) is 18.2 Å². The third kappa shape index (κ3) is 5.64. The lowest BCUT2D eigenvalue weighted by molar-refractivity contribution is -0.118. The third-order valence-electron chi connectivity index (χ3n) is 1.85. The maximum atomic E-state index is 11.4. The summed E-state index contributed by atoms with van der Waals surface area (Å²) in [7, 11) is 0. The van der Waals surface area contributed by atoms with Crippen LogP contribution in [0, 0.1) is 0 Å². The van der Waals surface area contributed by atoms with E-state index in [0.29, 0.717) is 10.0 Å². The van der Waals surface area contributed by atoms with Gasteiger partial charge in [-0.25, -0.2) is 0 Å². The predicted molar refractivity (Wildman–Crippen MR) is 71.9 cm³/mol. The van der Waals surface area contributed by atoms with Crippen molar-refractivity contribution in [3.8, 4) is 0 Å². The van der Waals surface area contributed by atoms with Crippen LogP contribution < -0.4 is 5.32 Å². The first kappa shape index (κ1) is 14.6. The molecule has 94 valence electrons. The molecule has 0 saturated heterocycles. The Hall–Kier alpha value is -0.420. The standard InChI is InChI=1S/C11H13Cl2NO2S/c1-7(15)5-14-11(16)6-17-10-4-8(12)2-3-9(10)13/h2-4,7,15H,5-6H2,1H3,(H,14,16)/t7-/m0/s1. The molecule has 0 heterocycles. The zero-order chi connectivity index (χ0) is 12.8. The van der Waals surface area contributed by atoms with Gasteiger partial charge in [0.25, 0.3) is 0 Å². The van der Waals surface area contributed by atoms with E-state index >= 15 is 0 Å². The van der Waals surface area contributed by atoms with Crippen LogP contribution in [0.4, 0.5) is 0 Å². The first-order valence-electron chi connectivity index (χ1n) is 5.01. The van der Waals surface area contributed by atoms with Gasteiger partial charge in [-0.15, -0.1) is 11.8 Å². The van der Waals surface area contributed by atoms with Crippen LogP contribution in [-0.4, -0.2) is 29.4 Å². The summed E-state index contributed by atoms with van der Waals surface area (Å²) in [6, 6.07) is 5.11. The molecule has 0 fully saturated rings. The Labute approximate surface area is 114 Å². The number of rotatable bonds is 5. The second-order valence-electron chi connectivity index (χ2n) is 3.52. The van der Waals surface area contributed by atoms with Crippen molar-refractivity contribution in [1.82, 2.24) is 5.32 Å². The quantitative estimate of drug-likeness (QED) is 0.821. The topological polar surface area (TPSA) is 49.3 Å². The molecule has 0 saturated carbocycles. The number of nitrogens with one attached hydrogen (secondary N) is 1. The second kappa shape index (κ2) is 7.11. The fourth-order valence-corrected chi connectivity index (χ4v) is 2.37. The van der Waals surface area contributed by atoms with Crippen LogP contribution in [0.15, 0.2) is 23.1 Å². The first-order valence-corrected chi connectivity index (χ1v) is 6.76. The van der Waals surface area contributed by atoms with Crippen molar-refractivity contribution in [1.29, 1.82) is 0 Å². The van der Waals surface area contributed by atoms with E-state index in [2.05, 4.69) is 5.32 Å². The minimum Gasteiger partial charge on any atom is -0.392 e. The van der Waals surface area contributed by atoms with Crippen LogP contribution in [0.3, 0.4) is 0 Å². The second-order valence-corrected chi connectivity index (χ2v) is 5.38. The Morgan fingerprint density at radius 1 is 1.53 bits per heavy atom. The van der Waals surface area contributed by atoms with Gasteiger partial charge < -0.3 is 10.4 Å². The normalized spacial score (nSPS) is 12.2. The van der Waals surface area contributed by atoms with E-state index in [4.69, 9.17) is 28.3 Å². The number of halogens is 2. The molecular weight excluding hydrogens is 281 g/mol. The van der Waals surface area contributed by atoms with E-state index < -0.39 is 6.10 Å². The molecule has 0 aliphatic carbocycles. The van der Waals surface area contributed by atoms with Gasteiger partial charge in [-0.1, -0.05) is 23.2 Å². The molecule has 0 aliphatic rings. The van der Waals surface area contributed by atoms with E-state index in [1.165, 1.54) is 11.8 Å². The Morgan fingerprint density at radius 2 is 2.24 bits per heavy atom. The SMILES string of the molecule is C[C@H](O)CNC(=O)CSc1cc(Cl)ccc1Cl. The minimum absolute atomic E-state index is 0.146. The van der Waals surface area contributed by atoms with Gasteiger partial charge >= 0.3 is 0 Å². The van der Waals surface area contributed by atoms with Crippen molar-refractivity contribution in [2.75, 3.05) is 12.3 Å². The van der Waals surface area contributed by atoms with Gasteiger partial charge in [-0.2, -0.15) is 0 Å². The molecule has 1 atom stereocenters. The number of hydrogen-bond acceptors (Lipinski definition) is 3. The summed E-state index contributed by atoms with van der Waals surface area (Å²) >= 11 is 13.1. The highest BCUT2D eigenvalue weighted by Crippen LogP contribution is 2.29. The molecule has 0 spiro atoms. The predicted octanol–water partition coefficient (Wildman–Crippen LogP) is 2.58. The van der Waals surface area contributed by atoms with E-state index in [1.807, 2.05) is 0 Å². The molecule has 17 heavy (non-hydrogen) atoms. The van der Waals surface area contributed by atoms with Crippen LogP contribution in [0.1, 0.15) is 6.92 Å². The van der Waals surface area contributed by atoms with Crippen LogP contribution >= 0.6 is 35.0 Å². The summed E-state index contributed by atoms with van der Waals surface area (Å²) in [6.45, 7) is 1.87. The lowest BCUT2D eigenvalue weighted by Crippen LogP contribution is -2.31. The molecule has 1 aromatic rings. The average Bonchev–Trinajstić information content (AvgIpc) is 2.27. The van der Waals surface area contributed by atoms with E-state index in [9.17, 15) is 4.79 Å². The third-order valence-corrected chi connectivity index (χ3v) is 3.58. The maximum absolute atomic E-state index is 11.4. The number of amides is 1. The fraction of sp³-hybridized carbons (Fsp3) is 0.364. The number of hydrogen-bond donors (Lipinski definition) is 2. The molecule has 0 unspecified atom stereocenters. The van der Waals surface area contributed by atoms with Gasteiger partial charge in [0.1, 0.15) is 0 Å². The Morgan fingerprint density at radius 3 is 2.88 bits per heavy atom. The lowest BCUT2D eigenvalue weighted by Gasteiger charge is -2.07. The molecule has 3 nitrogen and oxygen atoms in total. The monoisotopic (exact) mass is 293 g/mol. The highest BCUT2D eigenvalue weighted by atomic mass is 35.5. The van der Waals surface area contributed by atoms with Gasteiger partial charge in [-0.3, -0.25) is 4.79 Å². The molecule has 0 radical (unpaired) electrons. The molecule has 1 amide bonds. The average molecular weight is 294 g/mol. The molecule has 0 aromatic heterocycles. The molecular formula is C11H13Cl2NO2S. The lowest BCUT2D eigenvalue weighted by atomic mass is 10.4. The van der Waals surface area contributed by atoms with Crippen LogP contribution in [-0.2, 0) is 4.79 Å². The molecule has 1 aromatic carbocycles. The maximum Gasteiger partial charge on any atom is 0.230 e. The number of thioether (sulfide) groups is 1. The van der Waals surface area contributed by atoms with Crippen molar-refractivity contribution >= 4 is 40.9 Å². The highest BCUT2D eigenvalue weighted by Gasteiger charge is 2.07. The summed E-state index contributed by atoms with van der Waals surface area (Å²) < 4.78 is 0. The minimum atomic E-state index is -0.543. The van der Waals surface area contributed by atoms with Crippen LogP contribution in [0.25, 0.3) is 0 Å². The summed E-state index contributed by atoms with van der Waals surface area (Å²) in [5.74, 6) is 0.0965. The summed E-state index contributed by atoms with van der Waals surface area (Å²) in [6.07, 6.45) is -0.543. The number of carbonyl (C=O) groups excluding carboxylic acids is 1. The molecule has 0 bridgehead atoms. The fourth-order valence-electron chi connectivity index (χ4n) is 1.04. The number of aliphatic hydroxyl groups excluding tert-OH is 1. The smallest absolute Gasteiger partial charge is 0.230 e. The van der Waals surface area contributed by atoms with Crippen molar-refractivity contribution < 1.29 is 9.90 Å². The van der Waals surface area contributed by atoms with Crippen molar-refractivity contribution in [2.24, 2.45) is 0 Å². The van der Waals surface area contributed by atoms with Crippen molar-refractivity contribution in [3.63, 3.8) is 0 Å². The Balaban J connectivity index is 2.44. The highest BCUT2D eigenvalue weighted by molar-refractivity contribution is 8.00. The molecule has 2 N–H and O–H groups in total. The van der Waals surface area contributed by atoms with Crippen molar-refractivity contribution in [3.05, 3.63) is 28.2 Å². The van der Waals surface area contributed by atoms with Crippen molar-refractivity contribution in [2.45, 2.75) is 17.9 Å². The molecule has 0 aliphatic heterocycles. The largest absolute Gasteiger partial charge is 0.392 e. The number of aliphatic hydroxyl groups is 1. The van der Waals surface area contributed by atoms with Gasteiger partial charge in [-0.05, 0) is 25.1 Å². The molecule has 1 rings (SSSR count). The molecule has 6 heteroatoms. The zero-order valence-corrected chi connectivity index (χ0v) is 11.6. The van der Waals surface area contributed by atoms with Crippen LogP contribution in [0.5, 0.6) is 0 Å². The van der Waals surface area contributed by atoms with Gasteiger partial charge in [0.15, 0.2) is 0 Å². The van der Waals surface area contributed by atoms with E-state index in [0.717, 1.165) is 4.90 Å². The van der Waals surface area contributed by atoms with Gasteiger partial charge in [0, 0.05) is 16.5 Å². The Bertz CT molecular complexity index is 399. The van der Waals surface area contributed by atoms with Crippen LogP contribution in [0.2, 0.25) is 10.0 Å². The Kier molecular flexibility index (Phi) is 6.12.